The van der Waals surface area contributed by atoms with E-state index in [0.29, 0.717) is 18.2 Å². The van der Waals surface area contributed by atoms with Crippen molar-refractivity contribution in [3.63, 3.8) is 0 Å². The van der Waals surface area contributed by atoms with E-state index in [0.717, 1.165) is 25.9 Å². The summed E-state index contributed by atoms with van der Waals surface area (Å²) in [4.78, 5) is 19.2. The largest absolute Gasteiger partial charge is 0.351 e. The average Bonchev–Trinajstić information content (AvgIpc) is 2.84. The second-order valence-electron chi connectivity index (χ2n) is 8.19. The van der Waals surface area contributed by atoms with Crippen molar-refractivity contribution in [2.75, 3.05) is 19.6 Å². The summed E-state index contributed by atoms with van der Waals surface area (Å²) in [6, 6.07) is 25.3. The SMILES string of the molecule is CC(c1ccccc1)N1CCC(CNC(=O)c2ccncc2)(c2ccccc2)CC1. The Kier molecular flexibility index (Phi) is 6.24. The maximum atomic E-state index is 12.7. The van der Waals surface area contributed by atoms with E-state index in [9.17, 15) is 4.79 Å². The minimum atomic E-state index is -0.0448. The van der Waals surface area contributed by atoms with E-state index in [1.807, 2.05) is 0 Å². The van der Waals surface area contributed by atoms with Crippen molar-refractivity contribution >= 4 is 5.91 Å². The molecule has 1 aromatic heterocycles. The fourth-order valence-corrected chi connectivity index (χ4v) is 4.50. The van der Waals surface area contributed by atoms with E-state index in [1.165, 1.54) is 11.1 Å². The predicted molar refractivity (Wildman–Crippen MR) is 120 cm³/mol. The number of pyridine rings is 1. The molecule has 0 aliphatic carbocycles. The molecule has 0 spiro atoms. The Morgan fingerprint density at radius 2 is 1.57 bits per heavy atom. The molecule has 1 N–H and O–H groups in total. The van der Waals surface area contributed by atoms with E-state index < -0.39 is 0 Å². The summed E-state index contributed by atoms with van der Waals surface area (Å²) in [7, 11) is 0. The second-order valence-corrected chi connectivity index (χ2v) is 8.19. The van der Waals surface area contributed by atoms with Gasteiger partial charge >= 0.3 is 0 Å². The number of rotatable bonds is 6. The number of nitrogens with zero attached hydrogens (tertiary/aromatic N) is 2. The van der Waals surface area contributed by atoms with E-state index in [-0.39, 0.29) is 11.3 Å². The number of hydrogen-bond acceptors (Lipinski definition) is 3. The van der Waals surface area contributed by atoms with Crippen LogP contribution in [0.25, 0.3) is 0 Å². The van der Waals surface area contributed by atoms with Gasteiger partial charge in [-0.15, -0.1) is 0 Å². The molecular formula is C26H29N3O. The van der Waals surface area contributed by atoms with Crippen LogP contribution in [0.3, 0.4) is 0 Å². The molecule has 1 aliphatic rings. The topological polar surface area (TPSA) is 45.2 Å². The van der Waals surface area contributed by atoms with Gasteiger partial charge in [0.05, 0.1) is 0 Å². The summed E-state index contributed by atoms with van der Waals surface area (Å²) in [6.45, 7) is 4.95. The summed E-state index contributed by atoms with van der Waals surface area (Å²) in [5, 5.41) is 3.20. The van der Waals surface area contributed by atoms with Crippen molar-refractivity contribution in [2.24, 2.45) is 0 Å². The molecule has 154 valence electrons. The number of benzene rings is 2. The van der Waals surface area contributed by atoms with E-state index in [1.54, 1.807) is 24.5 Å². The number of likely N-dealkylation sites (tertiary alicyclic amines) is 1. The number of carbonyl (C=O) groups is 1. The Hall–Kier alpha value is -2.98. The highest BCUT2D eigenvalue weighted by atomic mass is 16.1. The zero-order chi connectivity index (χ0) is 20.8. The van der Waals surface area contributed by atoms with Crippen LogP contribution in [-0.4, -0.2) is 35.4 Å². The zero-order valence-corrected chi connectivity index (χ0v) is 17.5. The van der Waals surface area contributed by atoms with Crippen molar-refractivity contribution in [2.45, 2.75) is 31.2 Å². The lowest BCUT2D eigenvalue weighted by atomic mass is 9.72. The van der Waals surface area contributed by atoms with Crippen molar-refractivity contribution in [1.82, 2.24) is 15.2 Å². The van der Waals surface area contributed by atoms with Crippen molar-refractivity contribution in [3.05, 3.63) is 102 Å². The fraction of sp³-hybridized carbons (Fsp3) is 0.308. The third kappa shape index (κ3) is 4.44. The summed E-state index contributed by atoms with van der Waals surface area (Å²) >= 11 is 0. The van der Waals surface area contributed by atoms with E-state index in [4.69, 9.17) is 0 Å². The summed E-state index contributed by atoms with van der Waals surface area (Å²) in [6.07, 6.45) is 5.35. The number of hydrogen-bond donors (Lipinski definition) is 1. The van der Waals surface area contributed by atoms with Crippen LogP contribution in [0.1, 0.15) is 47.3 Å². The molecule has 4 rings (SSSR count). The highest BCUT2D eigenvalue weighted by Crippen LogP contribution is 2.37. The van der Waals surface area contributed by atoms with Crippen LogP contribution in [-0.2, 0) is 5.41 Å². The third-order valence-corrected chi connectivity index (χ3v) is 6.50. The Morgan fingerprint density at radius 1 is 0.967 bits per heavy atom. The van der Waals surface area contributed by atoms with Gasteiger partial charge in [0.25, 0.3) is 5.91 Å². The molecule has 2 heterocycles. The molecule has 1 aliphatic heterocycles. The molecule has 1 unspecified atom stereocenters. The second kappa shape index (κ2) is 9.23. The van der Waals surface area contributed by atoms with Gasteiger partial charge in [0.2, 0.25) is 0 Å². The Bertz CT molecular complexity index is 936. The molecule has 1 saturated heterocycles. The monoisotopic (exact) mass is 399 g/mol. The smallest absolute Gasteiger partial charge is 0.251 e. The van der Waals surface area contributed by atoms with Gasteiger partial charge in [0.15, 0.2) is 0 Å². The molecule has 4 nitrogen and oxygen atoms in total. The first-order valence-corrected chi connectivity index (χ1v) is 10.7. The molecule has 1 atom stereocenters. The van der Waals surface area contributed by atoms with Crippen LogP contribution >= 0.6 is 0 Å². The number of carbonyl (C=O) groups excluding carboxylic acids is 1. The van der Waals surface area contributed by atoms with Gasteiger partial charge in [-0.2, -0.15) is 0 Å². The molecule has 4 heteroatoms. The highest BCUT2D eigenvalue weighted by molar-refractivity contribution is 5.94. The van der Waals surface area contributed by atoms with Crippen LogP contribution in [0.2, 0.25) is 0 Å². The first kappa shape index (κ1) is 20.3. The molecule has 1 fully saturated rings. The van der Waals surface area contributed by atoms with Gasteiger partial charge in [0.1, 0.15) is 0 Å². The third-order valence-electron chi connectivity index (χ3n) is 6.50. The molecule has 3 aromatic rings. The van der Waals surface area contributed by atoms with Gasteiger partial charge in [-0.1, -0.05) is 60.7 Å². The minimum Gasteiger partial charge on any atom is -0.351 e. The van der Waals surface area contributed by atoms with Crippen LogP contribution in [0.15, 0.2) is 85.2 Å². The lowest BCUT2D eigenvalue weighted by Crippen LogP contribution is -2.49. The minimum absolute atomic E-state index is 0.0345. The van der Waals surface area contributed by atoms with Crippen LogP contribution in [0.5, 0.6) is 0 Å². The summed E-state index contributed by atoms with van der Waals surface area (Å²) in [5.74, 6) is -0.0345. The lowest BCUT2D eigenvalue weighted by Gasteiger charge is -2.44. The van der Waals surface area contributed by atoms with Gasteiger partial charge in [0, 0.05) is 36.0 Å². The molecule has 2 aromatic carbocycles. The first-order chi connectivity index (χ1) is 14.7. The average molecular weight is 400 g/mol. The maximum Gasteiger partial charge on any atom is 0.251 e. The van der Waals surface area contributed by atoms with E-state index >= 15 is 0 Å². The number of amides is 1. The number of nitrogens with one attached hydrogen (secondary N) is 1. The Balaban J connectivity index is 1.48. The fourth-order valence-electron chi connectivity index (χ4n) is 4.50. The van der Waals surface area contributed by atoms with E-state index in [2.05, 4.69) is 82.8 Å². The molecule has 0 bridgehead atoms. The van der Waals surface area contributed by atoms with Crippen molar-refractivity contribution in [3.8, 4) is 0 Å². The maximum absolute atomic E-state index is 12.7. The quantitative estimate of drug-likeness (QED) is 0.659. The van der Waals surface area contributed by atoms with Crippen LogP contribution in [0, 0.1) is 0 Å². The molecular weight excluding hydrogens is 370 g/mol. The van der Waals surface area contributed by atoms with Crippen molar-refractivity contribution < 1.29 is 4.79 Å². The van der Waals surface area contributed by atoms with Crippen LogP contribution < -0.4 is 5.32 Å². The zero-order valence-electron chi connectivity index (χ0n) is 17.5. The van der Waals surface area contributed by atoms with Crippen LogP contribution in [0.4, 0.5) is 0 Å². The first-order valence-electron chi connectivity index (χ1n) is 10.7. The molecule has 0 radical (unpaired) electrons. The summed E-state index contributed by atoms with van der Waals surface area (Å²) in [5.41, 5.74) is 3.28. The van der Waals surface area contributed by atoms with Crippen molar-refractivity contribution in [1.29, 1.82) is 0 Å². The number of piperidine rings is 1. The summed E-state index contributed by atoms with van der Waals surface area (Å²) < 4.78 is 0. The normalized spacial score (nSPS) is 17.2. The number of aromatic nitrogens is 1. The molecule has 1 amide bonds. The van der Waals surface area contributed by atoms with Gasteiger partial charge in [-0.3, -0.25) is 14.7 Å². The lowest BCUT2D eigenvalue weighted by molar-refractivity contribution is 0.0899. The standard InChI is InChI=1S/C26H29N3O/c1-21(22-8-4-2-5-9-22)29-18-14-26(15-19-29,24-10-6-3-7-11-24)20-28-25(30)23-12-16-27-17-13-23/h2-13,16-17,21H,14-15,18-20H2,1H3,(H,28,30). The van der Waals surface area contributed by atoms with Gasteiger partial charge in [-0.05, 0) is 56.1 Å². The predicted octanol–water partition coefficient (Wildman–Crippen LogP) is 4.61. The molecule has 0 saturated carbocycles. The van der Waals surface area contributed by atoms with Gasteiger partial charge in [-0.25, -0.2) is 0 Å². The molecule has 30 heavy (non-hydrogen) atoms. The Morgan fingerprint density at radius 3 is 2.20 bits per heavy atom. The Labute approximate surface area is 179 Å². The van der Waals surface area contributed by atoms with Gasteiger partial charge < -0.3 is 5.32 Å². The highest BCUT2D eigenvalue weighted by Gasteiger charge is 2.37.